The van der Waals surface area contributed by atoms with E-state index in [1.807, 2.05) is 18.2 Å². The largest absolute Gasteiger partial charge is 0.321 e. The number of nitrogens with one attached hydrogen (secondary N) is 1. The van der Waals surface area contributed by atoms with Crippen molar-refractivity contribution < 1.29 is 4.79 Å². The van der Waals surface area contributed by atoms with E-state index >= 15 is 0 Å². The molecule has 0 fully saturated rings. The standard InChI is InChI=1S/C12H7Br3N2O/c13-8-1-2-11(10(15)4-8)17-12(18)7-3-9(14)6-16-5-7/h1-6H,(H,17,18). The van der Waals surface area contributed by atoms with E-state index in [2.05, 4.69) is 58.1 Å². The fraction of sp³-hybridized carbons (Fsp3) is 0. The summed E-state index contributed by atoms with van der Waals surface area (Å²) in [4.78, 5) is 16.0. The Hall–Kier alpha value is -0.720. The van der Waals surface area contributed by atoms with Gasteiger partial charge < -0.3 is 5.32 Å². The molecule has 2 rings (SSSR count). The van der Waals surface area contributed by atoms with Crippen molar-refractivity contribution in [1.29, 1.82) is 0 Å². The molecule has 1 amide bonds. The number of carbonyl (C=O) groups excluding carboxylic acids is 1. The molecule has 1 heterocycles. The summed E-state index contributed by atoms with van der Waals surface area (Å²) in [7, 11) is 0. The van der Waals surface area contributed by atoms with Gasteiger partial charge >= 0.3 is 0 Å². The van der Waals surface area contributed by atoms with Crippen LogP contribution in [0.15, 0.2) is 50.1 Å². The molecule has 1 aromatic heterocycles. The first kappa shape index (κ1) is 13.7. The molecule has 92 valence electrons. The second kappa shape index (κ2) is 5.95. The highest BCUT2D eigenvalue weighted by atomic mass is 79.9. The van der Waals surface area contributed by atoms with Crippen LogP contribution in [0.4, 0.5) is 5.69 Å². The second-order valence-electron chi connectivity index (χ2n) is 3.47. The molecule has 1 aromatic carbocycles. The quantitative estimate of drug-likeness (QED) is 0.749. The Balaban J connectivity index is 2.21. The van der Waals surface area contributed by atoms with E-state index in [-0.39, 0.29) is 5.91 Å². The highest BCUT2D eigenvalue weighted by molar-refractivity contribution is 9.11. The van der Waals surface area contributed by atoms with Crippen LogP contribution in [0, 0.1) is 0 Å². The van der Waals surface area contributed by atoms with Crippen LogP contribution >= 0.6 is 47.8 Å². The molecule has 0 aliphatic rings. The summed E-state index contributed by atoms with van der Waals surface area (Å²) >= 11 is 10.0. The molecule has 0 saturated heterocycles. The maximum Gasteiger partial charge on any atom is 0.257 e. The molecule has 0 unspecified atom stereocenters. The third-order valence-electron chi connectivity index (χ3n) is 2.15. The van der Waals surface area contributed by atoms with Gasteiger partial charge in [-0.05, 0) is 56.1 Å². The molecule has 0 saturated carbocycles. The normalized spacial score (nSPS) is 10.2. The maximum absolute atomic E-state index is 12.0. The molecule has 1 N–H and O–H groups in total. The Kier molecular flexibility index (Phi) is 4.53. The molecule has 6 heteroatoms. The van der Waals surface area contributed by atoms with Gasteiger partial charge in [-0.1, -0.05) is 15.9 Å². The first-order valence-electron chi connectivity index (χ1n) is 4.93. The Bertz CT molecular complexity index is 602. The summed E-state index contributed by atoms with van der Waals surface area (Å²) in [6.07, 6.45) is 3.15. The predicted octanol–water partition coefficient (Wildman–Crippen LogP) is 4.62. The minimum atomic E-state index is -0.202. The number of nitrogens with zero attached hydrogens (tertiary/aromatic N) is 1. The lowest BCUT2D eigenvalue weighted by molar-refractivity contribution is 0.102. The van der Waals surface area contributed by atoms with Crippen molar-refractivity contribution in [3.63, 3.8) is 0 Å². The summed E-state index contributed by atoms with van der Waals surface area (Å²) < 4.78 is 2.52. The maximum atomic E-state index is 12.0. The number of halogens is 3. The van der Waals surface area contributed by atoms with Gasteiger partial charge in [0.05, 0.1) is 11.3 Å². The Labute approximate surface area is 129 Å². The van der Waals surface area contributed by atoms with E-state index in [9.17, 15) is 4.79 Å². The van der Waals surface area contributed by atoms with Gasteiger partial charge in [-0.2, -0.15) is 0 Å². The Morgan fingerprint density at radius 1 is 1.06 bits per heavy atom. The SMILES string of the molecule is O=C(Nc1ccc(Br)cc1Br)c1cncc(Br)c1. The molecule has 0 aliphatic carbocycles. The minimum Gasteiger partial charge on any atom is -0.321 e. The van der Waals surface area contributed by atoms with Crippen molar-refractivity contribution in [2.75, 3.05) is 5.32 Å². The zero-order valence-corrected chi connectivity index (χ0v) is 13.7. The number of pyridine rings is 1. The topological polar surface area (TPSA) is 42.0 Å². The molecule has 18 heavy (non-hydrogen) atoms. The summed E-state index contributed by atoms with van der Waals surface area (Å²) in [6, 6.07) is 7.26. The van der Waals surface area contributed by atoms with E-state index in [0.29, 0.717) is 11.3 Å². The smallest absolute Gasteiger partial charge is 0.257 e. The first-order valence-corrected chi connectivity index (χ1v) is 7.31. The van der Waals surface area contributed by atoms with Crippen LogP contribution in [0.1, 0.15) is 10.4 Å². The minimum absolute atomic E-state index is 0.202. The highest BCUT2D eigenvalue weighted by Gasteiger charge is 2.09. The number of anilines is 1. The number of rotatable bonds is 2. The number of hydrogen-bond donors (Lipinski definition) is 1. The van der Waals surface area contributed by atoms with Crippen molar-refractivity contribution in [1.82, 2.24) is 4.98 Å². The van der Waals surface area contributed by atoms with Crippen LogP contribution in [0.2, 0.25) is 0 Å². The Morgan fingerprint density at radius 3 is 2.50 bits per heavy atom. The van der Waals surface area contributed by atoms with E-state index in [1.54, 1.807) is 12.3 Å². The zero-order valence-electron chi connectivity index (χ0n) is 8.95. The summed E-state index contributed by atoms with van der Waals surface area (Å²) in [6.45, 7) is 0. The molecule has 3 nitrogen and oxygen atoms in total. The van der Waals surface area contributed by atoms with E-state index in [4.69, 9.17) is 0 Å². The van der Waals surface area contributed by atoms with Gasteiger partial charge in [0.15, 0.2) is 0 Å². The van der Waals surface area contributed by atoms with Gasteiger partial charge in [0.2, 0.25) is 0 Å². The van der Waals surface area contributed by atoms with Crippen molar-refractivity contribution in [2.45, 2.75) is 0 Å². The fourth-order valence-electron chi connectivity index (χ4n) is 1.32. The summed E-state index contributed by atoms with van der Waals surface area (Å²) in [5.74, 6) is -0.202. The third kappa shape index (κ3) is 3.40. The number of amides is 1. The van der Waals surface area contributed by atoms with Gasteiger partial charge in [0.1, 0.15) is 0 Å². The molecule has 0 atom stereocenters. The van der Waals surface area contributed by atoms with Gasteiger partial charge in [0, 0.05) is 25.8 Å². The van der Waals surface area contributed by atoms with Crippen LogP contribution in [0.3, 0.4) is 0 Å². The molecular weight excluding hydrogens is 428 g/mol. The summed E-state index contributed by atoms with van der Waals surface area (Å²) in [5.41, 5.74) is 1.21. The van der Waals surface area contributed by atoms with Gasteiger partial charge in [-0.3, -0.25) is 9.78 Å². The lowest BCUT2D eigenvalue weighted by Crippen LogP contribution is -2.12. The Morgan fingerprint density at radius 2 is 1.83 bits per heavy atom. The zero-order chi connectivity index (χ0) is 13.1. The summed E-state index contributed by atoms with van der Waals surface area (Å²) in [5, 5.41) is 2.81. The van der Waals surface area contributed by atoms with Crippen LogP contribution in [0.25, 0.3) is 0 Å². The molecule has 2 aromatic rings. The lowest BCUT2D eigenvalue weighted by Gasteiger charge is -2.07. The van der Waals surface area contributed by atoms with Crippen molar-refractivity contribution in [2.24, 2.45) is 0 Å². The predicted molar refractivity (Wildman–Crippen MR) is 81.7 cm³/mol. The number of aromatic nitrogens is 1. The van der Waals surface area contributed by atoms with Gasteiger partial charge in [-0.15, -0.1) is 0 Å². The molecular formula is C12H7Br3N2O. The second-order valence-corrected chi connectivity index (χ2v) is 6.16. The molecule has 0 aliphatic heterocycles. The van der Waals surface area contributed by atoms with E-state index < -0.39 is 0 Å². The van der Waals surface area contributed by atoms with E-state index in [1.165, 1.54) is 6.20 Å². The third-order valence-corrected chi connectivity index (χ3v) is 3.73. The number of hydrogen-bond acceptors (Lipinski definition) is 2. The van der Waals surface area contributed by atoms with Crippen LogP contribution in [0.5, 0.6) is 0 Å². The lowest BCUT2D eigenvalue weighted by atomic mass is 10.2. The van der Waals surface area contributed by atoms with Crippen LogP contribution in [-0.4, -0.2) is 10.9 Å². The van der Waals surface area contributed by atoms with Gasteiger partial charge in [0.25, 0.3) is 5.91 Å². The average Bonchev–Trinajstić information content (AvgIpc) is 2.32. The number of benzene rings is 1. The number of carbonyl (C=O) groups is 1. The first-order chi connectivity index (χ1) is 8.56. The molecule has 0 radical (unpaired) electrons. The van der Waals surface area contributed by atoms with Crippen LogP contribution in [-0.2, 0) is 0 Å². The average molecular weight is 435 g/mol. The molecule has 0 bridgehead atoms. The monoisotopic (exact) mass is 432 g/mol. The van der Waals surface area contributed by atoms with Crippen LogP contribution < -0.4 is 5.32 Å². The highest BCUT2D eigenvalue weighted by Crippen LogP contribution is 2.26. The van der Waals surface area contributed by atoms with Crippen molar-refractivity contribution >= 4 is 59.4 Å². The van der Waals surface area contributed by atoms with E-state index in [0.717, 1.165) is 13.4 Å². The van der Waals surface area contributed by atoms with Crippen molar-refractivity contribution in [3.8, 4) is 0 Å². The fourth-order valence-corrected chi connectivity index (χ4v) is 2.83. The van der Waals surface area contributed by atoms with Crippen molar-refractivity contribution in [3.05, 3.63) is 55.6 Å². The molecule has 0 spiro atoms. The van der Waals surface area contributed by atoms with Gasteiger partial charge in [-0.25, -0.2) is 0 Å².